The van der Waals surface area contributed by atoms with Crippen LogP contribution in [0.3, 0.4) is 0 Å². The number of carbonyl (C=O) groups excluding carboxylic acids is 1. The number of hydrogen-bond donors (Lipinski definition) is 1. The normalized spacial score (nSPS) is 10.2. The van der Waals surface area contributed by atoms with Crippen molar-refractivity contribution in [1.29, 1.82) is 0 Å². The fourth-order valence-corrected chi connectivity index (χ4v) is 2.62. The molecule has 2 aromatic carbocycles. The van der Waals surface area contributed by atoms with E-state index in [-0.39, 0.29) is 11.4 Å². The van der Waals surface area contributed by atoms with Crippen LogP contribution in [0.2, 0.25) is 5.02 Å². The van der Waals surface area contributed by atoms with E-state index in [1.807, 2.05) is 0 Å². The third-order valence-electron chi connectivity index (χ3n) is 2.77. The predicted octanol–water partition coefficient (Wildman–Crippen LogP) is 4.57. The summed E-state index contributed by atoms with van der Waals surface area (Å²) < 4.78 is 0.516. The molecule has 1 N–H and O–H groups in total. The first-order valence-electron chi connectivity index (χ1n) is 5.90. The molecule has 0 aliphatic heterocycles. The summed E-state index contributed by atoms with van der Waals surface area (Å²) in [6, 6.07) is 9.31. The van der Waals surface area contributed by atoms with Gasteiger partial charge in [-0.25, -0.2) is 0 Å². The summed E-state index contributed by atoms with van der Waals surface area (Å²) >= 11 is 9.06. The molecule has 0 heterocycles. The smallest absolute Gasteiger partial charge is 0.293 e. The Morgan fingerprint density at radius 1 is 1.29 bits per heavy atom. The monoisotopic (exact) mass is 368 g/mol. The molecule has 2 aromatic rings. The molecule has 21 heavy (non-hydrogen) atoms. The first-order chi connectivity index (χ1) is 9.88. The maximum atomic E-state index is 12.2. The van der Waals surface area contributed by atoms with Crippen LogP contribution in [-0.2, 0) is 0 Å². The summed E-state index contributed by atoms with van der Waals surface area (Å²) in [5, 5.41) is 14.1. The standard InChI is InChI=1S/C14H10BrClN2O3/c1-8-2-5-12(13(6-8)18(20)21)17-14(19)10-4-3-9(16)7-11(10)15/h2-7H,1H3,(H,17,19). The highest BCUT2D eigenvalue weighted by atomic mass is 79.9. The van der Waals surface area contributed by atoms with Crippen LogP contribution in [0.25, 0.3) is 0 Å². The molecule has 1 amide bonds. The number of hydrogen-bond acceptors (Lipinski definition) is 3. The Hall–Kier alpha value is -1.92. The maximum absolute atomic E-state index is 12.2. The zero-order chi connectivity index (χ0) is 15.6. The lowest BCUT2D eigenvalue weighted by atomic mass is 10.1. The van der Waals surface area contributed by atoms with Crippen molar-refractivity contribution in [2.24, 2.45) is 0 Å². The van der Waals surface area contributed by atoms with Crippen molar-refractivity contribution in [2.75, 3.05) is 5.32 Å². The molecule has 0 aliphatic rings. The van der Waals surface area contributed by atoms with Gasteiger partial charge in [0.05, 0.1) is 10.5 Å². The second-order valence-corrected chi connectivity index (χ2v) is 5.65. The summed E-state index contributed by atoms with van der Waals surface area (Å²) in [7, 11) is 0. The zero-order valence-corrected chi connectivity index (χ0v) is 13.2. The third-order valence-corrected chi connectivity index (χ3v) is 3.67. The van der Waals surface area contributed by atoms with Crippen molar-refractivity contribution >= 4 is 44.8 Å². The Balaban J connectivity index is 2.34. The fraction of sp³-hybridized carbons (Fsp3) is 0.0714. The van der Waals surface area contributed by atoms with Gasteiger partial charge in [0.25, 0.3) is 11.6 Å². The molecule has 7 heteroatoms. The minimum Gasteiger partial charge on any atom is -0.316 e. The van der Waals surface area contributed by atoms with E-state index in [0.29, 0.717) is 15.1 Å². The molecule has 0 fully saturated rings. The number of nitrogens with one attached hydrogen (secondary N) is 1. The van der Waals surface area contributed by atoms with Gasteiger partial charge < -0.3 is 5.32 Å². The van der Waals surface area contributed by atoms with Gasteiger partial charge in [0.15, 0.2) is 0 Å². The number of carbonyl (C=O) groups is 1. The molecule has 0 aromatic heterocycles. The Labute approximate surface area is 134 Å². The van der Waals surface area contributed by atoms with Gasteiger partial charge in [-0.1, -0.05) is 17.7 Å². The van der Waals surface area contributed by atoms with Gasteiger partial charge in [-0.05, 0) is 52.7 Å². The molecule has 0 saturated carbocycles. The number of halogens is 2. The molecule has 0 spiro atoms. The van der Waals surface area contributed by atoms with Crippen LogP contribution in [0.15, 0.2) is 40.9 Å². The van der Waals surface area contributed by atoms with E-state index >= 15 is 0 Å². The van der Waals surface area contributed by atoms with Gasteiger partial charge in [-0.3, -0.25) is 14.9 Å². The van der Waals surface area contributed by atoms with E-state index < -0.39 is 10.8 Å². The number of aryl methyl sites for hydroxylation is 1. The second-order valence-electron chi connectivity index (χ2n) is 4.36. The number of nitrogens with zero attached hydrogens (tertiary/aromatic N) is 1. The van der Waals surface area contributed by atoms with Gasteiger partial charge in [-0.2, -0.15) is 0 Å². The minimum atomic E-state index is -0.528. The molecule has 5 nitrogen and oxygen atoms in total. The molecular formula is C14H10BrClN2O3. The van der Waals surface area contributed by atoms with Crippen molar-refractivity contribution in [3.63, 3.8) is 0 Å². The van der Waals surface area contributed by atoms with Crippen LogP contribution in [0.1, 0.15) is 15.9 Å². The fourth-order valence-electron chi connectivity index (χ4n) is 1.76. The Morgan fingerprint density at radius 2 is 2.00 bits per heavy atom. The van der Waals surface area contributed by atoms with Crippen LogP contribution in [0.4, 0.5) is 11.4 Å². The zero-order valence-electron chi connectivity index (χ0n) is 10.9. The average molecular weight is 370 g/mol. The number of anilines is 1. The summed E-state index contributed by atoms with van der Waals surface area (Å²) in [6.45, 7) is 1.74. The second kappa shape index (κ2) is 6.24. The lowest BCUT2D eigenvalue weighted by Gasteiger charge is -2.08. The molecule has 0 aliphatic carbocycles. The van der Waals surface area contributed by atoms with Crippen molar-refractivity contribution in [2.45, 2.75) is 6.92 Å². The molecule has 0 bridgehead atoms. The number of benzene rings is 2. The SMILES string of the molecule is Cc1ccc(NC(=O)c2ccc(Cl)cc2Br)c([N+](=O)[O-])c1. The van der Waals surface area contributed by atoms with Crippen molar-refractivity contribution in [3.8, 4) is 0 Å². The summed E-state index contributed by atoms with van der Waals surface area (Å²) in [4.78, 5) is 22.7. The van der Waals surface area contributed by atoms with Gasteiger partial charge in [0, 0.05) is 15.6 Å². The first-order valence-corrected chi connectivity index (χ1v) is 7.07. The number of rotatable bonds is 3. The van der Waals surface area contributed by atoms with E-state index in [2.05, 4.69) is 21.2 Å². The van der Waals surface area contributed by atoms with E-state index in [1.165, 1.54) is 12.1 Å². The van der Waals surface area contributed by atoms with Crippen LogP contribution >= 0.6 is 27.5 Å². The van der Waals surface area contributed by atoms with Crippen LogP contribution in [0.5, 0.6) is 0 Å². The predicted molar refractivity (Wildman–Crippen MR) is 84.9 cm³/mol. The molecule has 108 valence electrons. The van der Waals surface area contributed by atoms with Gasteiger partial charge >= 0.3 is 0 Å². The third kappa shape index (κ3) is 3.59. The number of nitro groups is 1. The van der Waals surface area contributed by atoms with Crippen molar-refractivity contribution < 1.29 is 9.72 Å². The number of nitro benzene ring substituents is 1. The van der Waals surface area contributed by atoms with Crippen molar-refractivity contribution in [3.05, 3.63) is 67.1 Å². The summed E-state index contributed by atoms with van der Waals surface area (Å²) in [5.74, 6) is -0.453. The maximum Gasteiger partial charge on any atom is 0.293 e. The molecule has 2 rings (SSSR count). The highest BCUT2D eigenvalue weighted by Crippen LogP contribution is 2.27. The van der Waals surface area contributed by atoms with Crippen LogP contribution < -0.4 is 5.32 Å². The molecule has 0 saturated heterocycles. The lowest BCUT2D eigenvalue weighted by molar-refractivity contribution is -0.384. The highest BCUT2D eigenvalue weighted by Gasteiger charge is 2.18. The summed E-state index contributed by atoms with van der Waals surface area (Å²) in [6.07, 6.45) is 0. The molecule has 0 radical (unpaired) electrons. The Bertz CT molecular complexity index is 734. The van der Waals surface area contributed by atoms with E-state index in [9.17, 15) is 14.9 Å². The largest absolute Gasteiger partial charge is 0.316 e. The highest BCUT2D eigenvalue weighted by molar-refractivity contribution is 9.10. The lowest BCUT2D eigenvalue weighted by Crippen LogP contribution is -2.13. The van der Waals surface area contributed by atoms with Crippen LogP contribution in [0, 0.1) is 17.0 Å². The van der Waals surface area contributed by atoms with E-state index in [4.69, 9.17) is 11.6 Å². The Morgan fingerprint density at radius 3 is 2.62 bits per heavy atom. The van der Waals surface area contributed by atoms with Gasteiger partial charge in [0.1, 0.15) is 5.69 Å². The first kappa shape index (κ1) is 15.5. The molecule has 0 atom stereocenters. The Kier molecular flexibility index (Phi) is 4.59. The average Bonchev–Trinajstić information content (AvgIpc) is 2.40. The van der Waals surface area contributed by atoms with E-state index in [0.717, 1.165) is 5.56 Å². The topological polar surface area (TPSA) is 72.2 Å². The van der Waals surface area contributed by atoms with Gasteiger partial charge in [-0.15, -0.1) is 0 Å². The quantitative estimate of drug-likeness (QED) is 0.636. The minimum absolute atomic E-state index is 0.145. The molecule has 0 unspecified atom stereocenters. The summed E-state index contributed by atoms with van der Waals surface area (Å²) in [5.41, 5.74) is 1.09. The number of amides is 1. The van der Waals surface area contributed by atoms with Gasteiger partial charge in [0.2, 0.25) is 0 Å². The molecular weight excluding hydrogens is 360 g/mol. The van der Waals surface area contributed by atoms with Crippen LogP contribution in [-0.4, -0.2) is 10.8 Å². The van der Waals surface area contributed by atoms with E-state index in [1.54, 1.807) is 31.2 Å². The van der Waals surface area contributed by atoms with Crippen molar-refractivity contribution in [1.82, 2.24) is 0 Å².